The molecule has 1 unspecified atom stereocenters. The average molecular weight is 351 g/mol. The SMILES string of the molecule is COCCNCC(O)COc1ccccc1I. The number of rotatable bonds is 8. The van der Waals surface area contributed by atoms with Crippen molar-refractivity contribution in [2.75, 3.05) is 33.4 Å². The van der Waals surface area contributed by atoms with Crippen LogP contribution in [0.2, 0.25) is 0 Å². The molecule has 0 aliphatic rings. The van der Waals surface area contributed by atoms with Crippen molar-refractivity contribution in [3.05, 3.63) is 27.8 Å². The van der Waals surface area contributed by atoms with Crippen molar-refractivity contribution in [1.29, 1.82) is 0 Å². The van der Waals surface area contributed by atoms with E-state index in [-0.39, 0.29) is 0 Å². The van der Waals surface area contributed by atoms with E-state index in [2.05, 4.69) is 27.9 Å². The van der Waals surface area contributed by atoms with Gasteiger partial charge in [0.05, 0.1) is 10.2 Å². The monoisotopic (exact) mass is 351 g/mol. The number of benzene rings is 1. The first-order valence-electron chi connectivity index (χ1n) is 5.49. The van der Waals surface area contributed by atoms with Gasteiger partial charge in [0, 0.05) is 20.2 Å². The first-order chi connectivity index (χ1) is 8.24. The first kappa shape index (κ1) is 14.7. The molecule has 0 fully saturated rings. The van der Waals surface area contributed by atoms with Crippen molar-refractivity contribution < 1.29 is 14.6 Å². The second-order valence-corrected chi connectivity index (χ2v) is 4.75. The average Bonchev–Trinajstić information content (AvgIpc) is 2.34. The van der Waals surface area contributed by atoms with Gasteiger partial charge < -0.3 is 19.9 Å². The van der Waals surface area contributed by atoms with E-state index in [0.29, 0.717) is 19.8 Å². The number of halogens is 1. The third kappa shape index (κ3) is 6.21. The Morgan fingerprint density at radius 1 is 1.41 bits per heavy atom. The summed E-state index contributed by atoms with van der Waals surface area (Å²) in [4.78, 5) is 0. The Kier molecular flexibility index (Phi) is 7.50. The molecule has 4 nitrogen and oxygen atoms in total. The second-order valence-electron chi connectivity index (χ2n) is 3.59. The van der Waals surface area contributed by atoms with Crippen LogP contribution in [0.15, 0.2) is 24.3 Å². The van der Waals surface area contributed by atoms with Crippen LogP contribution in [0.1, 0.15) is 0 Å². The maximum absolute atomic E-state index is 9.67. The minimum absolute atomic E-state index is 0.292. The summed E-state index contributed by atoms with van der Waals surface area (Å²) in [5.74, 6) is 0.809. The van der Waals surface area contributed by atoms with Gasteiger partial charge in [-0.2, -0.15) is 0 Å². The zero-order valence-electron chi connectivity index (χ0n) is 9.86. The van der Waals surface area contributed by atoms with Gasteiger partial charge in [0.25, 0.3) is 0 Å². The van der Waals surface area contributed by atoms with Crippen LogP contribution in [0.4, 0.5) is 0 Å². The maximum atomic E-state index is 9.67. The summed E-state index contributed by atoms with van der Waals surface area (Å²) >= 11 is 2.21. The topological polar surface area (TPSA) is 50.7 Å². The van der Waals surface area contributed by atoms with E-state index in [1.54, 1.807) is 7.11 Å². The zero-order chi connectivity index (χ0) is 12.5. The van der Waals surface area contributed by atoms with Gasteiger partial charge in [-0.1, -0.05) is 12.1 Å². The quantitative estimate of drug-likeness (QED) is 0.547. The molecule has 0 radical (unpaired) electrons. The Morgan fingerprint density at radius 3 is 2.88 bits per heavy atom. The second kappa shape index (κ2) is 8.68. The summed E-state index contributed by atoms with van der Waals surface area (Å²) in [7, 11) is 1.65. The lowest BCUT2D eigenvalue weighted by atomic mass is 10.3. The predicted molar refractivity (Wildman–Crippen MR) is 75.4 cm³/mol. The van der Waals surface area contributed by atoms with Gasteiger partial charge >= 0.3 is 0 Å². The van der Waals surface area contributed by atoms with Crippen LogP contribution >= 0.6 is 22.6 Å². The number of hydrogen-bond acceptors (Lipinski definition) is 4. The molecule has 2 N–H and O–H groups in total. The molecule has 0 saturated heterocycles. The molecular formula is C12H18INO3. The van der Waals surface area contributed by atoms with E-state index in [9.17, 15) is 5.11 Å². The van der Waals surface area contributed by atoms with E-state index >= 15 is 0 Å². The maximum Gasteiger partial charge on any atom is 0.132 e. The van der Waals surface area contributed by atoms with Gasteiger partial charge in [-0.15, -0.1) is 0 Å². The Hall–Kier alpha value is -0.370. The van der Waals surface area contributed by atoms with Gasteiger partial charge in [0.2, 0.25) is 0 Å². The lowest BCUT2D eigenvalue weighted by Crippen LogP contribution is -2.33. The molecule has 0 aliphatic carbocycles. The van der Waals surface area contributed by atoms with Gasteiger partial charge in [0.15, 0.2) is 0 Å². The van der Waals surface area contributed by atoms with Crippen molar-refractivity contribution in [1.82, 2.24) is 5.32 Å². The number of aliphatic hydroxyl groups is 1. The van der Waals surface area contributed by atoms with Crippen molar-refractivity contribution in [3.8, 4) is 5.75 Å². The molecule has 0 amide bonds. The standard InChI is InChI=1S/C12H18INO3/c1-16-7-6-14-8-10(15)9-17-12-5-3-2-4-11(12)13/h2-5,10,14-15H,6-9H2,1H3. The molecule has 0 aromatic heterocycles. The summed E-state index contributed by atoms with van der Waals surface area (Å²) in [5, 5.41) is 12.8. The molecule has 1 aromatic carbocycles. The lowest BCUT2D eigenvalue weighted by molar-refractivity contribution is 0.103. The third-order valence-corrected chi connectivity index (χ3v) is 3.02. The molecule has 0 saturated carbocycles. The van der Waals surface area contributed by atoms with Gasteiger partial charge in [-0.05, 0) is 34.7 Å². The number of para-hydroxylation sites is 1. The molecule has 0 heterocycles. The van der Waals surface area contributed by atoms with Crippen LogP contribution in [-0.2, 0) is 4.74 Å². The van der Waals surface area contributed by atoms with E-state index in [0.717, 1.165) is 15.9 Å². The van der Waals surface area contributed by atoms with Crippen LogP contribution in [0, 0.1) is 3.57 Å². The van der Waals surface area contributed by atoms with E-state index in [4.69, 9.17) is 9.47 Å². The molecule has 1 atom stereocenters. The molecule has 1 rings (SSSR count). The summed E-state index contributed by atoms with van der Waals surface area (Å²) in [6, 6.07) is 7.74. The van der Waals surface area contributed by atoms with Gasteiger partial charge in [-0.25, -0.2) is 0 Å². The van der Waals surface area contributed by atoms with Crippen molar-refractivity contribution >= 4 is 22.6 Å². The van der Waals surface area contributed by atoms with Gasteiger partial charge in [-0.3, -0.25) is 0 Å². The zero-order valence-corrected chi connectivity index (χ0v) is 12.0. The summed E-state index contributed by atoms with van der Waals surface area (Å²) in [6.07, 6.45) is -0.511. The van der Waals surface area contributed by atoms with E-state index < -0.39 is 6.10 Å². The number of nitrogens with one attached hydrogen (secondary N) is 1. The first-order valence-corrected chi connectivity index (χ1v) is 6.57. The molecule has 5 heteroatoms. The van der Waals surface area contributed by atoms with Crippen LogP contribution < -0.4 is 10.1 Å². The molecule has 96 valence electrons. The largest absolute Gasteiger partial charge is 0.490 e. The predicted octanol–water partition coefficient (Wildman–Crippen LogP) is 1.27. The summed E-state index contributed by atoms with van der Waals surface area (Å²) in [6.45, 7) is 2.17. The Balaban J connectivity index is 2.19. The fourth-order valence-electron chi connectivity index (χ4n) is 1.25. The molecular weight excluding hydrogens is 333 g/mol. The van der Waals surface area contributed by atoms with Crippen LogP contribution in [0.3, 0.4) is 0 Å². The fraction of sp³-hybridized carbons (Fsp3) is 0.500. The van der Waals surface area contributed by atoms with Crippen LogP contribution in [-0.4, -0.2) is 44.6 Å². The van der Waals surface area contributed by atoms with Gasteiger partial charge in [0.1, 0.15) is 18.5 Å². The smallest absolute Gasteiger partial charge is 0.132 e. The lowest BCUT2D eigenvalue weighted by Gasteiger charge is -2.13. The number of methoxy groups -OCH3 is 1. The Bertz CT molecular complexity index is 322. The van der Waals surface area contributed by atoms with Crippen molar-refractivity contribution in [3.63, 3.8) is 0 Å². The number of aliphatic hydroxyl groups excluding tert-OH is 1. The summed E-state index contributed by atoms with van der Waals surface area (Å²) in [5.41, 5.74) is 0. The number of hydrogen-bond donors (Lipinski definition) is 2. The minimum Gasteiger partial charge on any atom is -0.490 e. The van der Waals surface area contributed by atoms with Crippen LogP contribution in [0.5, 0.6) is 5.75 Å². The van der Waals surface area contributed by atoms with E-state index in [1.165, 1.54) is 0 Å². The Morgan fingerprint density at radius 2 is 2.18 bits per heavy atom. The van der Waals surface area contributed by atoms with Crippen LogP contribution in [0.25, 0.3) is 0 Å². The minimum atomic E-state index is -0.511. The highest BCUT2D eigenvalue weighted by Crippen LogP contribution is 2.19. The fourth-order valence-corrected chi connectivity index (χ4v) is 1.79. The Labute approximate surface area is 115 Å². The van der Waals surface area contributed by atoms with Crippen molar-refractivity contribution in [2.24, 2.45) is 0 Å². The highest BCUT2D eigenvalue weighted by Gasteiger charge is 2.06. The highest BCUT2D eigenvalue weighted by molar-refractivity contribution is 14.1. The number of ether oxygens (including phenoxy) is 2. The molecule has 0 aliphatic heterocycles. The highest BCUT2D eigenvalue weighted by atomic mass is 127. The van der Waals surface area contributed by atoms with E-state index in [1.807, 2.05) is 24.3 Å². The molecule has 0 bridgehead atoms. The normalized spacial score (nSPS) is 12.4. The molecule has 0 spiro atoms. The van der Waals surface area contributed by atoms with Crippen molar-refractivity contribution in [2.45, 2.75) is 6.10 Å². The third-order valence-electron chi connectivity index (χ3n) is 2.13. The molecule has 17 heavy (non-hydrogen) atoms. The molecule has 1 aromatic rings. The summed E-state index contributed by atoms with van der Waals surface area (Å²) < 4.78 is 11.5.